The Kier molecular flexibility index (Phi) is 6.17. The topological polar surface area (TPSA) is 66.3 Å². The van der Waals surface area contributed by atoms with Gasteiger partial charge in [-0.2, -0.15) is 5.26 Å². The Morgan fingerprint density at radius 2 is 2.03 bits per heavy atom. The molecule has 0 unspecified atom stereocenters. The number of allylic oxidation sites excluding steroid dienone is 1. The van der Waals surface area contributed by atoms with Crippen molar-refractivity contribution in [1.29, 1.82) is 5.26 Å². The molecule has 0 N–H and O–H groups in total. The van der Waals surface area contributed by atoms with Gasteiger partial charge in [0, 0.05) is 27.3 Å². The molecule has 0 atom stereocenters. The Morgan fingerprint density at radius 3 is 2.70 bits per heavy atom. The molecule has 0 spiro atoms. The average Bonchev–Trinajstić information content (AvgIpc) is 3.44. The van der Waals surface area contributed by atoms with Crippen molar-refractivity contribution in [2.45, 2.75) is 10.8 Å². The normalized spacial score (nSPS) is 12.5. The van der Waals surface area contributed by atoms with Crippen LogP contribution in [0.4, 0.5) is 5.69 Å². The van der Waals surface area contributed by atoms with E-state index in [1.54, 1.807) is 6.08 Å². The minimum atomic E-state index is 0.0737. The first-order valence-corrected chi connectivity index (χ1v) is 11.3. The number of hydrogen-bond donors (Lipinski definition) is 0. The van der Waals surface area contributed by atoms with Crippen LogP contribution in [0.15, 0.2) is 51.8 Å². The van der Waals surface area contributed by atoms with Crippen molar-refractivity contribution in [3.63, 3.8) is 0 Å². The molecule has 3 aromatic rings. The van der Waals surface area contributed by atoms with Gasteiger partial charge in [0.2, 0.25) is 5.69 Å². The van der Waals surface area contributed by atoms with E-state index in [4.69, 9.17) is 29.8 Å². The van der Waals surface area contributed by atoms with E-state index in [1.165, 1.54) is 23.1 Å². The summed E-state index contributed by atoms with van der Waals surface area (Å²) in [5.41, 5.74) is 3.36. The van der Waals surface area contributed by atoms with Crippen LogP contribution in [-0.4, -0.2) is 22.2 Å². The molecule has 0 radical (unpaired) electrons. The number of aromatic nitrogens is 2. The second kappa shape index (κ2) is 8.99. The lowest BCUT2D eigenvalue weighted by Gasteiger charge is -2.11. The summed E-state index contributed by atoms with van der Waals surface area (Å²) in [6.07, 6.45) is 3.67. The van der Waals surface area contributed by atoms with E-state index in [-0.39, 0.29) is 10.8 Å². The summed E-state index contributed by atoms with van der Waals surface area (Å²) in [5, 5.41) is 13.9. The van der Waals surface area contributed by atoms with E-state index in [2.05, 4.69) is 25.9 Å². The number of pyridine rings is 1. The van der Waals surface area contributed by atoms with Gasteiger partial charge in [-0.05, 0) is 18.2 Å². The van der Waals surface area contributed by atoms with E-state index >= 15 is 0 Å². The molecule has 3 heterocycles. The Morgan fingerprint density at radius 1 is 1.23 bits per heavy atom. The molecule has 0 saturated carbocycles. The van der Waals surface area contributed by atoms with Crippen molar-refractivity contribution in [3.8, 4) is 16.6 Å². The second-order valence-electron chi connectivity index (χ2n) is 6.10. The monoisotopic (exact) mass is 467 g/mol. The van der Waals surface area contributed by atoms with E-state index in [9.17, 15) is 5.26 Å². The Balaban J connectivity index is 1.63. The molecule has 30 heavy (non-hydrogen) atoms. The quantitative estimate of drug-likeness (QED) is 0.241. The predicted octanol–water partition coefficient (Wildman–Crippen LogP) is 6.59. The SMILES string of the molecule is [C-]#[N+]c1c(Cl)nc(SCc2csc(-c3ccc(Cl)cc3)n2)c(C#N)c1C1=NCC=C1. The molecule has 0 aliphatic carbocycles. The van der Waals surface area contributed by atoms with Gasteiger partial charge < -0.3 is 0 Å². The fourth-order valence-corrected chi connectivity index (χ4v) is 5.07. The third kappa shape index (κ3) is 4.12. The van der Waals surface area contributed by atoms with Crippen molar-refractivity contribution >= 4 is 57.7 Å². The second-order valence-corrected chi connectivity index (χ2v) is 8.71. The van der Waals surface area contributed by atoms with Crippen LogP contribution >= 0.6 is 46.3 Å². The molecular formula is C21H11Cl2N5S2. The lowest BCUT2D eigenvalue weighted by Crippen LogP contribution is -2.03. The fraction of sp³-hybridized carbons (Fsp3) is 0.0952. The number of nitriles is 1. The number of halogens is 2. The van der Waals surface area contributed by atoms with Gasteiger partial charge in [-0.15, -0.1) is 11.3 Å². The number of thioether (sulfide) groups is 1. The average molecular weight is 468 g/mol. The summed E-state index contributed by atoms with van der Waals surface area (Å²) in [5.74, 6) is 0.515. The van der Waals surface area contributed by atoms with Gasteiger partial charge in [0.05, 0.1) is 30.1 Å². The van der Waals surface area contributed by atoms with E-state index < -0.39 is 0 Å². The third-order valence-corrected chi connectivity index (χ3v) is 6.68. The lowest BCUT2D eigenvalue weighted by atomic mass is 10.0. The molecule has 1 aliphatic heterocycles. The molecule has 146 valence electrons. The van der Waals surface area contributed by atoms with Crippen LogP contribution in [0, 0.1) is 17.9 Å². The highest BCUT2D eigenvalue weighted by molar-refractivity contribution is 7.98. The maximum absolute atomic E-state index is 9.79. The van der Waals surface area contributed by atoms with E-state index in [0.29, 0.717) is 39.2 Å². The highest BCUT2D eigenvalue weighted by Gasteiger charge is 2.23. The van der Waals surface area contributed by atoms with Crippen LogP contribution in [0.3, 0.4) is 0 Å². The minimum absolute atomic E-state index is 0.0737. The van der Waals surface area contributed by atoms with Crippen molar-refractivity contribution in [2.75, 3.05) is 6.54 Å². The van der Waals surface area contributed by atoms with Crippen LogP contribution in [0.25, 0.3) is 15.4 Å². The van der Waals surface area contributed by atoms with Gasteiger partial charge in [-0.25, -0.2) is 14.8 Å². The number of rotatable bonds is 5. The highest BCUT2D eigenvalue weighted by atomic mass is 35.5. The number of benzene rings is 1. The highest BCUT2D eigenvalue weighted by Crippen LogP contribution is 2.38. The van der Waals surface area contributed by atoms with Crippen LogP contribution in [0.2, 0.25) is 10.2 Å². The van der Waals surface area contributed by atoms with Crippen LogP contribution in [0.1, 0.15) is 16.8 Å². The lowest BCUT2D eigenvalue weighted by molar-refractivity contribution is 1.10. The van der Waals surface area contributed by atoms with E-state index in [0.717, 1.165) is 16.3 Å². The van der Waals surface area contributed by atoms with Crippen molar-refractivity contribution in [3.05, 3.63) is 80.2 Å². The zero-order valence-electron chi connectivity index (χ0n) is 15.3. The van der Waals surface area contributed by atoms with Gasteiger partial charge in [0.15, 0.2) is 0 Å². The molecular weight excluding hydrogens is 457 g/mol. The summed E-state index contributed by atoms with van der Waals surface area (Å²) >= 11 is 15.1. The molecule has 4 rings (SSSR count). The number of hydrogen-bond acceptors (Lipinski definition) is 6. The zero-order chi connectivity index (χ0) is 21.1. The van der Waals surface area contributed by atoms with Crippen LogP contribution in [-0.2, 0) is 5.75 Å². The molecule has 5 nitrogen and oxygen atoms in total. The summed E-state index contributed by atoms with van der Waals surface area (Å²) in [6.45, 7) is 7.97. The van der Waals surface area contributed by atoms with Gasteiger partial charge in [-0.3, -0.25) is 4.99 Å². The predicted molar refractivity (Wildman–Crippen MR) is 123 cm³/mol. The summed E-state index contributed by atoms with van der Waals surface area (Å²) in [7, 11) is 0. The maximum atomic E-state index is 9.79. The van der Waals surface area contributed by atoms with Gasteiger partial charge in [0.25, 0.3) is 0 Å². The number of nitrogens with zero attached hydrogens (tertiary/aromatic N) is 5. The Bertz CT molecular complexity index is 1260. The van der Waals surface area contributed by atoms with Crippen molar-refractivity contribution in [1.82, 2.24) is 9.97 Å². The van der Waals surface area contributed by atoms with Gasteiger partial charge >= 0.3 is 0 Å². The number of aliphatic imine (C=N–C) groups is 1. The summed E-state index contributed by atoms with van der Waals surface area (Å²) < 4.78 is 0. The molecule has 1 aliphatic rings. The van der Waals surface area contributed by atoms with Gasteiger partial charge in [-0.1, -0.05) is 53.2 Å². The summed E-state index contributed by atoms with van der Waals surface area (Å²) in [6, 6.07) is 9.71. The summed E-state index contributed by atoms with van der Waals surface area (Å²) in [4.78, 5) is 16.8. The first-order chi connectivity index (χ1) is 14.6. The smallest absolute Gasteiger partial charge is 0.234 e. The molecule has 1 aromatic carbocycles. The van der Waals surface area contributed by atoms with Gasteiger partial charge in [0.1, 0.15) is 21.3 Å². The van der Waals surface area contributed by atoms with Crippen molar-refractivity contribution < 1.29 is 0 Å². The Hall–Kier alpha value is -2.68. The molecule has 0 saturated heterocycles. The molecule has 2 aromatic heterocycles. The molecule has 0 bridgehead atoms. The van der Waals surface area contributed by atoms with E-state index in [1.807, 2.05) is 35.7 Å². The Labute approximate surface area is 191 Å². The van der Waals surface area contributed by atoms with Crippen molar-refractivity contribution in [2.24, 2.45) is 4.99 Å². The standard InChI is InChI=1S/C21H11Cl2N5S2/c1-25-18-17(16-3-2-8-26-16)15(9-24)21(28-19(18)23)30-11-14-10-29-20(27-14)12-4-6-13(22)7-5-12/h2-7,10H,8,11H2. The third-order valence-electron chi connectivity index (χ3n) is 4.22. The first-order valence-electron chi connectivity index (χ1n) is 8.66. The maximum Gasteiger partial charge on any atom is 0.234 e. The number of thiazole rings is 1. The van der Waals surface area contributed by atoms with Crippen LogP contribution in [0.5, 0.6) is 0 Å². The van der Waals surface area contributed by atoms with Crippen LogP contribution < -0.4 is 0 Å². The molecule has 9 heteroatoms. The minimum Gasteiger partial charge on any atom is -0.282 e. The fourth-order valence-electron chi connectivity index (χ4n) is 2.86. The largest absolute Gasteiger partial charge is 0.282 e. The zero-order valence-corrected chi connectivity index (χ0v) is 18.4. The first kappa shape index (κ1) is 20.6. The molecule has 0 fully saturated rings. The molecule has 0 amide bonds.